The molecule has 10 heteroatoms. The fourth-order valence-corrected chi connectivity index (χ4v) is 2.20. The molecule has 1 heterocycles. The van der Waals surface area contributed by atoms with E-state index in [0.717, 1.165) is 12.1 Å². The highest BCUT2D eigenvalue weighted by molar-refractivity contribution is 7.70. The van der Waals surface area contributed by atoms with Gasteiger partial charge >= 0.3 is 0 Å². The predicted molar refractivity (Wildman–Crippen MR) is 75.9 cm³/mol. The number of benzene rings is 1. The highest BCUT2D eigenvalue weighted by atomic mass is 32.2. The molecule has 1 aromatic carbocycles. The first-order valence-corrected chi connectivity index (χ1v) is 7.63. The highest BCUT2D eigenvalue weighted by Gasteiger charge is 2.19. The highest BCUT2D eigenvalue weighted by Crippen LogP contribution is 2.21. The average molecular weight is 345 g/mol. The van der Waals surface area contributed by atoms with Crippen LogP contribution in [0.1, 0.15) is 34.6 Å². The maximum atomic E-state index is 14.1. The third-order valence-corrected chi connectivity index (χ3v) is 3.47. The molecule has 0 aliphatic rings. The Morgan fingerprint density at radius 1 is 1.35 bits per heavy atom. The number of halogens is 2. The van der Waals surface area contributed by atoms with E-state index >= 15 is 0 Å². The van der Waals surface area contributed by atoms with E-state index < -0.39 is 34.5 Å². The van der Waals surface area contributed by atoms with Crippen LogP contribution in [0.4, 0.5) is 8.78 Å². The van der Waals surface area contributed by atoms with Gasteiger partial charge in [-0.05, 0) is 19.1 Å². The molecule has 1 unspecified atom stereocenters. The fourth-order valence-electron chi connectivity index (χ4n) is 1.90. The van der Waals surface area contributed by atoms with E-state index in [1.165, 1.54) is 19.3 Å². The second-order valence-corrected chi connectivity index (χ2v) is 5.47. The number of nitrogens with zero attached hydrogens (tertiary/aromatic N) is 1. The second kappa shape index (κ2) is 7.29. The van der Waals surface area contributed by atoms with Crippen molar-refractivity contribution < 1.29 is 26.5 Å². The van der Waals surface area contributed by atoms with Crippen molar-refractivity contribution in [2.75, 3.05) is 0 Å². The minimum Gasteiger partial charge on any atom is -0.364 e. The zero-order valence-corrected chi connectivity index (χ0v) is 12.8. The van der Waals surface area contributed by atoms with Crippen LogP contribution in [0.3, 0.4) is 0 Å². The van der Waals surface area contributed by atoms with Crippen LogP contribution >= 0.6 is 0 Å². The van der Waals surface area contributed by atoms with Crippen LogP contribution in [-0.2, 0) is 17.4 Å². The molecule has 0 aliphatic heterocycles. The minimum absolute atomic E-state index is 0.0118. The molecule has 2 rings (SSSR count). The van der Waals surface area contributed by atoms with Gasteiger partial charge in [0.15, 0.2) is 5.69 Å². The monoisotopic (exact) mass is 345 g/mol. The Hall–Kier alpha value is -2.33. The maximum absolute atomic E-state index is 14.1. The number of rotatable bonds is 6. The Kier molecular flexibility index (Phi) is 5.40. The molecule has 124 valence electrons. The fraction of sp³-hybridized carbons (Fsp3) is 0.231. The molecule has 0 saturated carbocycles. The van der Waals surface area contributed by atoms with Gasteiger partial charge in [-0.25, -0.2) is 21.9 Å². The summed E-state index contributed by atoms with van der Waals surface area (Å²) in [5, 5.41) is 5.89. The summed E-state index contributed by atoms with van der Waals surface area (Å²) in [6, 6.07) is 2.30. The van der Waals surface area contributed by atoms with Crippen molar-refractivity contribution in [3.05, 3.63) is 52.9 Å². The van der Waals surface area contributed by atoms with Gasteiger partial charge in [-0.15, -0.1) is 0 Å². The number of carbonyl (C=O) groups is 1. The summed E-state index contributed by atoms with van der Waals surface area (Å²) in [6.07, 6.45) is 1.21. The van der Waals surface area contributed by atoms with E-state index in [1.54, 1.807) is 0 Å². The van der Waals surface area contributed by atoms with Gasteiger partial charge in [0.25, 0.3) is 5.91 Å². The van der Waals surface area contributed by atoms with Crippen LogP contribution in [0.5, 0.6) is 0 Å². The number of nitrogens with one attached hydrogen (secondary N) is 2. The molecular weight excluding hydrogens is 332 g/mol. The normalized spacial score (nSPS) is 12.3. The first-order valence-electron chi connectivity index (χ1n) is 6.45. The molecule has 23 heavy (non-hydrogen) atoms. The van der Waals surface area contributed by atoms with Gasteiger partial charge in [0.1, 0.15) is 17.9 Å². The Bertz CT molecular complexity index is 770. The number of carbonyl (C=O) groups excluding carboxylic acids is 1. The summed E-state index contributed by atoms with van der Waals surface area (Å²) in [6.45, 7) is 1.11. The van der Waals surface area contributed by atoms with E-state index in [-0.39, 0.29) is 23.4 Å². The summed E-state index contributed by atoms with van der Waals surface area (Å²) in [4.78, 5) is 11.8. The van der Waals surface area contributed by atoms with Crippen molar-refractivity contribution in [1.29, 1.82) is 0 Å². The van der Waals surface area contributed by atoms with E-state index in [1.807, 2.05) is 4.72 Å². The Balaban J connectivity index is 2.15. The standard InChI is InChI=1S/C13H13F2N3O4S/c1-7(17-13(19)12-2-3-22-18-12)9-5-10(14)8(4-11(9)15)6-16-23(20)21/h2-5,7,23H,6H2,1H3,(H,17,19)(H,16,20,21). The molecule has 2 aromatic rings. The van der Waals surface area contributed by atoms with Crippen LogP contribution in [0.2, 0.25) is 0 Å². The predicted octanol–water partition coefficient (Wildman–Crippen LogP) is 1.06. The molecule has 0 bridgehead atoms. The topological polar surface area (TPSA) is 101 Å². The Morgan fingerprint density at radius 3 is 2.70 bits per heavy atom. The molecule has 0 saturated heterocycles. The number of hydrogen-bond donors (Lipinski definition) is 3. The van der Waals surface area contributed by atoms with Gasteiger partial charge in [0, 0.05) is 23.7 Å². The Labute approximate surface area is 131 Å². The SMILES string of the molecule is CC(NC(=O)c1ccon1)c1cc(F)c(CN[SH](=O)=O)cc1F. The van der Waals surface area contributed by atoms with Crippen LogP contribution < -0.4 is 10.0 Å². The van der Waals surface area contributed by atoms with Crippen molar-refractivity contribution in [2.45, 2.75) is 19.5 Å². The van der Waals surface area contributed by atoms with E-state index in [2.05, 4.69) is 15.0 Å². The molecule has 0 spiro atoms. The van der Waals surface area contributed by atoms with Crippen molar-refractivity contribution >= 4 is 16.8 Å². The maximum Gasteiger partial charge on any atom is 0.273 e. The first-order chi connectivity index (χ1) is 10.9. The molecule has 0 aliphatic carbocycles. The quantitative estimate of drug-likeness (QED) is 0.680. The van der Waals surface area contributed by atoms with Crippen molar-refractivity contribution in [1.82, 2.24) is 15.2 Å². The zero-order valence-electron chi connectivity index (χ0n) is 11.9. The molecule has 2 N–H and O–H groups in total. The smallest absolute Gasteiger partial charge is 0.273 e. The van der Waals surface area contributed by atoms with Crippen LogP contribution in [-0.4, -0.2) is 19.5 Å². The lowest BCUT2D eigenvalue weighted by atomic mass is 10.0. The van der Waals surface area contributed by atoms with Crippen LogP contribution in [0, 0.1) is 11.6 Å². The number of amides is 1. The van der Waals surface area contributed by atoms with E-state index in [4.69, 9.17) is 0 Å². The third kappa shape index (κ3) is 4.33. The Morgan fingerprint density at radius 2 is 2.09 bits per heavy atom. The zero-order chi connectivity index (χ0) is 17.0. The molecule has 1 aromatic heterocycles. The van der Waals surface area contributed by atoms with Gasteiger partial charge < -0.3 is 9.84 Å². The lowest BCUT2D eigenvalue weighted by molar-refractivity contribution is 0.0930. The van der Waals surface area contributed by atoms with Crippen LogP contribution in [0.15, 0.2) is 29.0 Å². The number of thiol groups is 1. The van der Waals surface area contributed by atoms with Gasteiger partial charge in [-0.3, -0.25) is 4.79 Å². The molecule has 0 radical (unpaired) electrons. The lowest BCUT2D eigenvalue weighted by Crippen LogP contribution is -2.27. The van der Waals surface area contributed by atoms with Crippen molar-refractivity contribution in [3.8, 4) is 0 Å². The molecule has 7 nitrogen and oxygen atoms in total. The van der Waals surface area contributed by atoms with Gasteiger partial charge in [0.2, 0.25) is 10.9 Å². The molecular formula is C13H13F2N3O4S. The van der Waals surface area contributed by atoms with E-state index in [9.17, 15) is 22.0 Å². The van der Waals surface area contributed by atoms with Gasteiger partial charge in [0.05, 0.1) is 6.04 Å². The number of aromatic nitrogens is 1. The summed E-state index contributed by atoms with van der Waals surface area (Å²) in [7, 11) is -2.91. The molecule has 0 fully saturated rings. The first kappa shape index (κ1) is 17.0. The molecule has 1 atom stereocenters. The average Bonchev–Trinajstić information content (AvgIpc) is 3.01. The minimum atomic E-state index is -2.91. The van der Waals surface area contributed by atoms with Gasteiger partial charge in [-0.2, -0.15) is 0 Å². The molecule has 1 amide bonds. The van der Waals surface area contributed by atoms with Crippen molar-refractivity contribution in [2.24, 2.45) is 0 Å². The van der Waals surface area contributed by atoms with Crippen LogP contribution in [0.25, 0.3) is 0 Å². The summed E-state index contributed by atoms with van der Waals surface area (Å²) >= 11 is 0. The second-order valence-electron chi connectivity index (χ2n) is 4.64. The summed E-state index contributed by atoms with van der Waals surface area (Å²) in [5.74, 6) is -2.15. The van der Waals surface area contributed by atoms with E-state index in [0.29, 0.717) is 0 Å². The summed E-state index contributed by atoms with van der Waals surface area (Å²) in [5.41, 5.74) is -0.201. The number of hydrogen-bond acceptors (Lipinski definition) is 5. The summed E-state index contributed by atoms with van der Waals surface area (Å²) < 4.78 is 55.3. The largest absolute Gasteiger partial charge is 0.364 e. The van der Waals surface area contributed by atoms with Crippen molar-refractivity contribution in [3.63, 3.8) is 0 Å². The van der Waals surface area contributed by atoms with Gasteiger partial charge in [-0.1, -0.05) is 5.16 Å². The lowest BCUT2D eigenvalue weighted by Gasteiger charge is -2.15. The third-order valence-electron chi connectivity index (χ3n) is 3.05.